The van der Waals surface area contributed by atoms with Crippen LogP contribution in [0.5, 0.6) is 11.5 Å². The number of ether oxygens (including phenoxy) is 4. The molecule has 0 saturated heterocycles. The molecule has 0 N–H and O–H groups in total. The topological polar surface area (TPSA) is 71.1 Å². The summed E-state index contributed by atoms with van der Waals surface area (Å²) in [6, 6.07) is 11.1. The van der Waals surface area contributed by atoms with E-state index in [0.29, 0.717) is 49.1 Å². The van der Waals surface area contributed by atoms with Crippen LogP contribution in [0.15, 0.2) is 36.4 Å². The summed E-state index contributed by atoms with van der Waals surface area (Å²) in [4.78, 5) is 24.6. The lowest BCUT2D eigenvalue weighted by molar-refractivity contribution is 0.0490. The van der Waals surface area contributed by atoms with Gasteiger partial charge in [0.05, 0.1) is 26.4 Å². The molecule has 0 aromatic heterocycles. The molecule has 34 heavy (non-hydrogen) atoms. The second kappa shape index (κ2) is 16.2. The highest BCUT2D eigenvalue weighted by Crippen LogP contribution is 2.24. The fraction of sp³-hybridized carbons (Fsp3) is 0.462. The summed E-state index contributed by atoms with van der Waals surface area (Å²) in [6.45, 7) is 5.78. The summed E-state index contributed by atoms with van der Waals surface area (Å²) in [5.41, 5.74) is 0.944. The first-order valence-corrected chi connectivity index (χ1v) is 13.8. The summed E-state index contributed by atoms with van der Waals surface area (Å²) in [5.74, 6) is 0.430. The van der Waals surface area contributed by atoms with E-state index in [1.54, 1.807) is 12.1 Å². The van der Waals surface area contributed by atoms with E-state index in [4.69, 9.17) is 18.9 Å². The van der Waals surface area contributed by atoms with Gasteiger partial charge in [-0.1, -0.05) is 13.8 Å². The van der Waals surface area contributed by atoms with Crippen molar-refractivity contribution in [1.29, 1.82) is 0 Å². The van der Waals surface area contributed by atoms with Crippen molar-refractivity contribution >= 4 is 57.1 Å². The molecule has 0 unspecified atom stereocenters. The Morgan fingerprint density at radius 2 is 1.06 bits per heavy atom. The number of carbonyl (C=O) groups is 2. The van der Waals surface area contributed by atoms with E-state index >= 15 is 0 Å². The summed E-state index contributed by atoms with van der Waals surface area (Å²) < 4.78 is 24.2. The molecule has 6 nitrogen and oxygen atoms in total. The maximum absolute atomic E-state index is 12.3. The van der Waals surface area contributed by atoms with Gasteiger partial charge in [0.1, 0.15) is 22.6 Å². The molecule has 0 heterocycles. The van der Waals surface area contributed by atoms with Crippen LogP contribution in [0.2, 0.25) is 0 Å². The van der Waals surface area contributed by atoms with Crippen molar-refractivity contribution in [3.8, 4) is 11.5 Å². The number of hydrogen-bond acceptors (Lipinski definition) is 6. The first kappa shape index (κ1) is 28.7. The van der Waals surface area contributed by atoms with Crippen LogP contribution >= 0.6 is 45.2 Å². The Bertz CT molecular complexity index is 856. The number of hydrogen-bond donors (Lipinski definition) is 0. The van der Waals surface area contributed by atoms with Gasteiger partial charge in [-0.05, 0) is 120 Å². The maximum atomic E-state index is 12.3. The van der Waals surface area contributed by atoms with Crippen LogP contribution in [0.25, 0.3) is 0 Å². The molecule has 0 fully saturated rings. The lowest BCUT2D eigenvalue weighted by Crippen LogP contribution is -2.10. The van der Waals surface area contributed by atoms with Gasteiger partial charge in [-0.3, -0.25) is 0 Å². The van der Waals surface area contributed by atoms with Crippen molar-refractivity contribution in [2.45, 2.75) is 52.4 Å². The number of benzene rings is 2. The van der Waals surface area contributed by atoms with E-state index in [1.165, 1.54) is 0 Å². The maximum Gasteiger partial charge on any atom is 0.341 e. The third-order valence-corrected chi connectivity index (χ3v) is 6.09. The standard InChI is InChI=1S/C26H32I2O6/c1-3-13-33-25(29)21-17-19(27)9-11-23(21)31-15-7-5-6-8-16-32-24-12-10-20(28)18-22(24)26(30)34-14-4-2/h9-12,17-18H,3-8,13-16H2,1-2H3. The van der Waals surface area contributed by atoms with Crippen LogP contribution in [0.4, 0.5) is 0 Å². The number of halogens is 2. The Balaban J connectivity index is 1.73. The number of rotatable bonds is 15. The second-order valence-corrected chi connectivity index (χ2v) is 10.2. The van der Waals surface area contributed by atoms with E-state index in [1.807, 2.05) is 38.1 Å². The molecule has 0 spiro atoms. The molecule has 0 bridgehead atoms. The fourth-order valence-corrected chi connectivity index (χ4v) is 4.02. The average Bonchev–Trinajstić information content (AvgIpc) is 2.83. The summed E-state index contributed by atoms with van der Waals surface area (Å²) in [7, 11) is 0. The van der Waals surface area contributed by atoms with Crippen LogP contribution < -0.4 is 9.47 Å². The van der Waals surface area contributed by atoms with Crippen LogP contribution in [-0.4, -0.2) is 38.4 Å². The van der Waals surface area contributed by atoms with Crippen LogP contribution in [0, 0.1) is 7.14 Å². The van der Waals surface area contributed by atoms with Gasteiger partial charge in [-0.2, -0.15) is 0 Å². The zero-order valence-electron chi connectivity index (χ0n) is 19.7. The van der Waals surface area contributed by atoms with Gasteiger partial charge in [-0.25, -0.2) is 9.59 Å². The molecular weight excluding hydrogens is 662 g/mol. The van der Waals surface area contributed by atoms with E-state index in [2.05, 4.69) is 45.2 Å². The minimum absolute atomic E-state index is 0.346. The van der Waals surface area contributed by atoms with E-state index in [9.17, 15) is 9.59 Å². The van der Waals surface area contributed by atoms with Crippen molar-refractivity contribution in [3.05, 3.63) is 54.7 Å². The zero-order valence-corrected chi connectivity index (χ0v) is 24.1. The smallest absolute Gasteiger partial charge is 0.341 e. The molecule has 0 aliphatic heterocycles. The largest absolute Gasteiger partial charge is 0.493 e. The Hall–Kier alpha value is -1.56. The van der Waals surface area contributed by atoms with Crippen molar-refractivity contribution in [3.63, 3.8) is 0 Å². The highest BCUT2D eigenvalue weighted by Gasteiger charge is 2.16. The molecule has 8 heteroatoms. The predicted molar refractivity (Wildman–Crippen MR) is 149 cm³/mol. The van der Waals surface area contributed by atoms with Gasteiger partial charge < -0.3 is 18.9 Å². The molecule has 0 saturated carbocycles. The fourth-order valence-electron chi connectivity index (χ4n) is 3.04. The van der Waals surface area contributed by atoms with Gasteiger partial charge in [0, 0.05) is 7.14 Å². The van der Waals surface area contributed by atoms with Gasteiger partial charge in [0.2, 0.25) is 0 Å². The minimum atomic E-state index is -0.346. The van der Waals surface area contributed by atoms with Crippen LogP contribution in [0.1, 0.15) is 73.1 Å². The second-order valence-electron chi connectivity index (χ2n) is 7.66. The molecule has 2 rings (SSSR count). The van der Waals surface area contributed by atoms with Gasteiger partial charge in [-0.15, -0.1) is 0 Å². The first-order valence-electron chi connectivity index (χ1n) is 11.6. The quantitative estimate of drug-likeness (QED) is 0.113. The normalized spacial score (nSPS) is 10.6. The average molecular weight is 694 g/mol. The Labute approximate surface area is 229 Å². The molecule has 0 aliphatic rings. The Morgan fingerprint density at radius 1 is 0.647 bits per heavy atom. The van der Waals surface area contributed by atoms with E-state index < -0.39 is 0 Å². The molecule has 2 aromatic carbocycles. The summed E-state index contributed by atoms with van der Waals surface area (Å²) in [6.07, 6.45) is 5.25. The lowest BCUT2D eigenvalue weighted by atomic mass is 10.2. The molecular formula is C26H32I2O6. The molecule has 0 radical (unpaired) electrons. The zero-order chi connectivity index (χ0) is 24.8. The first-order chi connectivity index (χ1) is 16.5. The summed E-state index contributed by atoms with van der Waals surface area (Å²) >= 11 is 4.35. The van der Waals surface area contributed by atoms with Crippen molar-refractivity contribution in [1.82, 2.24) is 0 Å². The van der Waals surface area contributed by atoms with Crippen LogP contribution in [0.3, 0.4) is 0 Å². The third kappa shape index (κ3) is 9.97. The SMILES string of the molecule is CCCOC(=O)c1cc(I)ccc1OCCCCCCOc1ccc(I)cc1C(=O)OCCC. The van der Waals surface area contributed by atoms with E-state index in [0.717, 1.165) is 45.7 Å². The number of unbranched alkanes of at least 4 members (excludes halogenated alkanes) is 3. The molecule has 2 aromatic rings. The van der Waals surface area contributed by atoms with Gasteiger partial charge in [0.25, 0.3) is 0 Å². The highest BCUT2D eigenvalue weighted by atomic mass is 127. The minimum Gasteiger partial charge on any atom is -0.493 e. The Morgan fingerprint density at radius 3 is 1.44 bits per heavy atom. The monoisotopic (exact) mass is 694 g/mol. The molecule has 0 aliphatic carbocycles. The number of carbonyl (C=O) groups excluding carboxylic acids is 2. The molecule has 0 atom stereocenters. The number of esters is 2. The molecule has 186 valence electrons. The van der Waals surface area contributed by atoms with Gasteiger partial charge in [0.15, 0.2) is 0 Å². The highest BCUT2D eigenvalue weighted by molar-refractivity contribution is 14.1. The predicted octanol–water partition coefficient (Wildman–Crippen LogP) is 7.05. The van der Waals surface area contributed by atoms with Crippen molar-refractivity contribution in [2.24, 2.45) is 0 Å². The molecule has 0 amide bonds. The van der Waals surface area contributed by atoms with Crippen molar-refractivity contribution in [2.75, 3.05) is 26.4 Å². The van der Waals surface area contributed by atoms with E-state index in [-0.39, 0.29) is 11.9 Å². The third-order valence-electron chi connectivity index (χ3n) is 4.75. The van der Waals surface area contributed by atoms with Crippen LogP contribution in [-0.2, 0) is 9.47 Å². The lowest BCUT2D eigenvalue weighted by Gasteiger charge is -2.12. The van der Waals surface area contributed by atoms with Crippen molar-refractivity contribution < 1.29 is 28.5 Å². The van der Waals surface area contributed by atoms with Gasteiger partial charge >= 0.3 is 11.9 Å². The Kier molecular flexibility index (Phi) is 13.6. The summed E-state index contributed by atoms with van der Waals surface area (Å²) in [5, 5.41) is 0.